The maximum atomic E-state index is 13.0. The van der Waals surface area contributed by atoms with Gasteiger partial charge in [0.05, 0.1) is 0 Å². The molecule has 17 heavy (non-hydrogen) atoms. The van der Waals surface area contributed by atoms with Crippen LogP contribution in [0.3, 0.4) is 0 Å². The number of ether oxygens (including phenoxy) is 1. The normalized spacial score (nSPS) is 34.1. The van der Waals surface area contributed by atoms with E-state index in [2.05, 4.69) is 0 Å². The second-order valence-electron chi connectivity index (χ2n) is 6.31. The van der Waals surface area contributed by atoms with Crippen molar-refractivity contribution in [3.63, 3.8) is 0 Å². The molecular formula is C12H19F2NO2. The summed E-state index contributed by atoms with van der Waals surface area (Å²) >= 11 is 0. The van der Waals surface area contributed by atoms with Gasteiger partial charge in [0.15, 0.2) is 0 Å². The molecule has 0 aromatic heterocycles. The van der Waals surface area contributed by atoms with Gasteiger partial charge in [-0.25, -0.2) is 13.6 Å². The highest BCUT2D eigenvalue weighted by Gasteiger charge is 2.76. The highest BCUT2D eigenvalue weighted by Crippen LogP contribution is 2.71. The van der Waals surface area contributed by atoms with Gasteiger partial charge in [-0.3, -0.25) is 0 Å². The fourth-order valence-corrected chi connectivity index (χ4v) is 2.42. The van der Waals surface area contributed by atoms with Crippen molar-refractivity contribution in [3.05, 3.63) is 0 Å². The molecule has 0 aromatic carbocycles. The SMILES string of the molecule is CN(C(=O)OC(C)(C)C)C1CC2(C1)CC2(F)F. The molecule has 98 valence electrons. The monoisotopic (exact) mass is 247 g/mol. The molecule has 2 fully saturated rings. The van der Waals surface area contributed by atoms with Crippen molar-refractivity contribution in [2.24, 2.45) is 5.41 Å². The lowest BCUT2D eigenvalue weighted by Crippen LogP contribution is -2.49. The van der Waals surface area contributed by atoms with E-state index in [4.69, 9.17) is 4.74 Å². The molecule has 0 unspecified atom stereocenters. The van der Waals surface area contributed by atoms with Crippen LogP contribution in [-0.4, -0.2) is 35.6 Å². The Kier molecular flexibility index (Phi) is 2.46. The van der Waals surface area contributed by atoms with Crippen molar-refractivity contribution < 1.29 is 18.3 Å². The van der Waals surface area contributed by atoms with Crippen LogP contribution in [0.2, 0.25) is 0 Å². The zero-order valence-electron chi connectivity index (χ0n) is 10.7. The second-order valence-corrected chi connectivity index (χ2v) is 6.31. The van der Waals surface area contributed by atoms with Crippen LogP contribution in [0.25, 0.3) is 0 Å². The summed E-state index contributed by atoms with van der Waals surface area (Å²) in [4.78, 5) is 13.2. The molecule has 0 aliphatic heterocycles. The Hall–Kier alpha value is -0.870. The van der Waals surface area contributed by atoms with Crippen molar-refractivity contribution in [2.45, 2.75) is 57.6 Å². The third-order valence-electron chi connectivity index (χ3n) is 3.69. The quantitative estimate of drug-likeness (QED) is 0.712. The second kappa shape index (κ2) is 3.33. The fourth-order valence-electron chi connectivity index (χ4n) is 2.42. The minimum Gasteiger partial charge on any atom is -0.444 e. The first-order valence-corrected chi connectivity index (χ1v) is 5.90. The average molecular weight is 247 g/mol. The van der Waals surface area contributed by atoms with Crippen molar-refractivity contribution in [3.8, 4) is 0 Å². The first kappa shape index (κ1) is 12.6. The molecule has 0 radical (unpaired) electrons. The van der Waals surface area contributed by atoms with Gasteiger partial charge in [0, 0.05) is 24.9 Å². The molecule has 5 heteroatoms. The van der Waals surface area contributed by atoms with E-state index in [0.29, 0.717) is 12.8 Å². The first-order valence-electron chi connectivity index (χ1n) is 5.90. The van der Waals surface area contributed by atoms with Gasteiger partial charge in [-0.1, -0.05) is 0 Å². The van der Waals surface area contributed by atoms with Gasteiger partial charge in [-0.15, -0.1) is 0 Å². The Morgan fingerprint density at radius 1 is 1.35 bits per heavy atom. The van der Waals surface area contributed by atoms with Gasteiger partial charge >= 0.3 is 6.09 Å². The van der Waals surface area contributed by atoms with Crippen LogP contribution in [0.4, 0.5) is 13.6 Å². The van der Waals surface area contributed by atoms with Crippen LogP contribution in [0.15, 0.2) is 0 Å². The Bertz CT molecular complexity index is 343. The maximum Gasteiger partial charge on any atom is 0.410 e. The fraction of sp³-hybridized carbons (Fsp3) is 0.917. The van der Waals surface area contributed by atoms with Crippen LogP contribution >= 0.6 is 0 Å². The number of hydrogen-bond acceptors (Lipinski definition) is 2. The summed E-state index contributed by atoms with van der Waals surface area (Å²) < 4.78 is 31.2. The topological polar surface area (TPSA) is 29.5 Å². The van der Waals surface area contributed by atoms with Crippen LogP contribution in [0.1, 0.15) is 40.0 Å². The number of carbonyl (C=O) groups is 1. The molecule has 0 saturated heterocycles. The summed E-state index contributed by atoms with van der Waals surface area (Å²) in [7, 11) is 1.62. The molecule has 0 atom stereocenters. The Morgan fingerprint density at radius 3 is 2.18 bits per heavy atom. The largest absolute Gasteiger partial charge is 0.444 e. The lowest BCUT2D eigenvalue weighted by Gasteiger charge is -2.41. The number of carbonyl (C=O) groups excluding carboxylic acids is 1. The summed E-state index contributed by atoms with van der Waals surface area (Å²) in [5, 5.41) is 0. The van der Waals surface area contributed by atoms with Crippen LogP contribution in [0.5, 0.6) is 0 Å². The molecule has 0 heterocycles. The van der Waals surface area contributed by atoms with Crippen LogP contribution in [0, 0.1) is 5.41 Å². The Balaban J connectivity index is 1.84. The summed E-state index contributed by atoms with van der Waals surface area (Å²) in [5.41, 5.74) is -1.34. The molecule has 1 amide bonds. The smallest absolute Gasteiger partial charge is 0.410 e. The predicted molar refractivity (Wildman–Crippen MR) is 59.0 cm³/mol. The molecule has 2 saturated carbocycles. The zero-order chi connectivity index (χ0) is 13.1. The van der Waals surface area contributed by atoms with Crippen molar-refractivity contribution in [1.29, 1.82) is 0 Å². The van der Waals surface area contributed by atoms with E-state index in [-0.39, 0.29) is 12.5 Å². The standard InChI is InChI=1S/C12H19F2NO2/c1-10(2,3)17-9(16)15(4)8-5-11(6-8)7-12(11,13)14/h8H,5-7H2,1-4H3. The lowest BCUT2D eigenvalue weighted by molar-refractivity contribution is -0.0297. The van der Waals surface area contributed by atoms with E-state index in [1.165, 1.54) is 4.90 Å². The number of rotatable bonds is 1. The highest BCUT2D eigenvalue weighted by atomic mass is 19.3. The molecular weight excluding hydrogens is 228 g/mol. The maximum absolute atomic E-state index is 13.0. The van der Waals surface area contributed by atoms with Gasteiger partial charge in [0.1, 0.15) is 5.60 Å². The number of amides is 1. The van der Waals surface area contributed by atoms with E-state index in [0.717, 1.165) is 0 Å². The predicted octanol–water partition coefficient (Wildman–Crippen LogP) is 3.04. The minimum absolute atomic E-state index is 0.0152. The molecule has 0 bridgehead atoms. The summed E-state index contributed by atoms with van der Waals surface area (Å²) in [6.07, 6.45) is 0.353. The van der Waals surface area contributed by atoms with Crippen molar-refractivity contribution in [2.75, 3.05) is 7.05 Å². The van der Waals surface area contributed by atoms with Crippen LogP contribution < -0.4 is 0 Å². The van der Waals surface area contributed by atoms with E-state index in [1.807, 2.05) is 0 Å². The molecule has 0 aromatic rings. The van der Waals surface area contributed by atoms with E-state index in [1.54, 1.807) is 27.8 Å². The first-order chi connectivity index (χ1) is 7.56. The van der Waals surface area contributed by atoms with E-state index in [9.17, 15) is 13.6 Å². The number of hydrogen-bond donors (Lipinski definition) is 0. The van der Waals surface area contributed by atoms with Gasteiger partial charge in [0.25, 0.3) is 5.92 Å². The van der Waals surface area contributed by atoms with Gasteiger partial charge in [-0.05, 0) is 33.6 Å². The third-order valence-corrected chi connectivity index (χ3v) is 3.69. The number of alkyl halides is 2. The molecule has 2 aliphatic rings. The molecule has 1 spiro atoms. The van der Waals surface area contributed by atoms with E-state index < -0.39 is 23.0 Å². The van der Waals surface area contributed by atoms with Gasteiger partial charge in [-0.2, -0.15) is 0 Å². The minimum atomic E-state index is -2.50. The van der Waals surface area contributed by atoms with E-state index >= 15 is 0 Å². The molecule has 3 nitrogen and oxygen atoms in total. The molecule has 0 N–H and O–H groups in total. The average Bonchev–Trinajstić information content (AvgIpc) is 2.62. The highest BCUT2D eigenvalue weighted by molar-refractivity contribution is 5.68. The number of halogens is 2. The van der Waals surface area contributed by atoms with Crippen LogP contribution in [-0.2, 0) is 4.74 Å². The molecule has 2 rings (SSSR count). The van der Waals surface area contributed by atoms with Gasteiger partial charge in [0.2, 0.25) is 0 Å². The summed E-state index contributed by atoms with van der Waals surface area (Å²) in [6, 6.07) is -0.0989. The van der Waals surface area contributed by atoms with Crippen molar-refractivity contribution >= 4 is 6.09 Å². The third kappa shape index (κ3) is 2.11. The Labute approximate surface area is 100 Å². The summed E-state index contributed by atoms with van der Waals surface area (Å²) in [5.74, 6) is -2.50. The van der Waals surface area contributed by atoms with Crippen molar-refractivity contribution in [1.82, 2.24) is 4.90 Å². The van der Waals surface area contributed by atoms with Gasteiger partial charge < -0.3 is 9.64 Å². The lowest BCUT2D eigenvalue weighted by atomic mass is 9.75. The zero-order valence-corrected chi connectivity index (χ0v) is 10.7. The molecule has 2 aliphatic carbocycles. The summed E-state index contributed by atoms with van der Waals surface area (Å²) in [6.45, 7) is 5.36. The Morgan fingerprint density at radius 2 is 1.82 bits per heavy atom. The number of nitrogens with zero attached hydrogens (tertiary/aromatic N) is 1.